The van der Waals surface area contributed by atoms with Crippen molar-refractivity contribution in [3.05, 3.63) is 42.5 Å². The largest absolute Gasteiger partial charge is 0.505 e. The lowest BCUT2D eigenvalue weighted by atomic mass is 10.1. The molecule has 14 heteroatoms. The van der Waals surface area contributed by atoms with Crippen molar-refractivity contribution < 1.29 is 40.6 Å². The number of methoxy groups -OCH3 is 1. The fourth-order valence-corrected chi connectivity index (χ4v) is 4.21. The summed E-state index contributed by atoms with van der Waals surface area (Å²) >= 11 is 0. The van der Waals surface area contributed by atoms with E-state index in [2.05, 4.69) is 15.5 Å². The molecule has 174 valence electrons. The summed E-state index contributed by atoms with van der Waals surface area (Å²) in [6.45, 7) is 1.11. The Kier molecular flexibility index (Phi) is 6.37. The molecule has 3 aromatic carbocycles. The molecule has 0 fully saturated rings. The number of phenols is 1. The molecule has 0 unspecified atom stereocenters. The van der Waals surface area contributed by atoms with Crippen molar-refractivity contribution in [2.45, 2.75) is 16.7 Å². The van der Waals surface area contributed by atoms with E-state index >= 15 is 0 Å². The first-order valence-corrected chi connectivity index (χ1v) is 11.8. The van der Waals surface area contributed by atoms with Gasteiger partial charge in [-0.2, -0.15) is 16.8 Å². The van der Waals surface area contributed by atoms with Crippen LogP contribution in [0.1, 0.15) is 6.92 Å². The van der Waals surface area contributed by atoms with Gasteiger partial charge in [0.1, 0.15) is 22.0 Å². The minimum atomic E-state index is -5.00. The lowest BCUT2D eigenvalue weighted by molar-refractivity contribution is -0.114. The standard InChI is InChI=1S/C19H17N3O9S2/c1-10(23)20-14-9-12(32(25,26)27)7-11-8-16(33(28,29)30)18(19(24)17(11)14)22-21-13-5-3-4-6-15(13)31-2/h3-9,24H,1-2H3,(H,20,23)(H,25,26,27)(H,28,29,30)/b22-21+. The Labute approximate surface area is 188 Å². The van der Waals surface area contributed by atoms with Gasteiger partial charge in [0, 0.05) is 12.3 Å². The number of anilines is 1. The fraction of sp³-hybridized carbons (Fsp3) is 0.105. The van der Waals surface area contributed by atoms with E-state index in [0.717, 1.165) is 25.1 Å². The van der Waals surface area contributed by atoms with E-state index in [1.807, 2.05) is 0 Å². The number of azo groups is 1. The minimum Gasteiger partial charge on any atom is -0.505 e. The van der Waals surface area contributed by atoms with Crippen molar-refractivity contribution in [1.29, 1.82) is 0 Å². The third-order valence-electron chi connectivity index (χ3n) is 4.35. The van der Waals surface area contributed by atoms with E-state index in [9.17, 15) is 35.8 Å². The third kappa shape index (κ3) is 5.09. The van der Waals surface area contributed by atoms with Crippen molar-refractivity contribution in [2.24, 2.45) is 10.2 Å². The first-order chi connectivity index (χ1) is 15.3. The quantitative estimate of drug-likeness (QED) is 0.293. The molecule has 3 aromatic rings. The van der Waals surface area contributed by atoms with Crippen molar-refractivity contribution in [3.63, 3.8) is 0 Å². The molecule has 33 heavy (non-hydrogen) atoms. The number of para-hydroxylation sites is 1. The zero-order valence-corrected chi connectivity index (χ0v) is 18.7. The van der Waals surface area contributed by atoms with E-state index in [1.165, 1.54) is 13.2 Å². The molecule has 12 nitrogen and oxygen atoms in total. The Hall–Kier alpha value is -3.59. The van der Waals surface area contributed by atoms with Crippen LogP contribution in [0.3, 0.4) is 0 Å². The molecule has 0 radical (unpaired) electrons. The lowest BCUT2D eigenvalue weighted by Crippen LogP contribution is -2.08. The average molecular weight is 495 g/mol. The smallest absolute Gasteiger partial charge is 0.296 e. The maximum atomic E-state index is 12.0. The number of phenolic OH excluding ortho intramolecular Hbond substituents is 1. The number of nitrogens with one attached hydrogen (secondary N) is 1. The van der Waals surface area contributed by atoms with Gasteiger partial charge < -0.3 is 15.2 Å². The zero-order chi connectivity index (χ0) is 24.6. The number of hydrogen-bond donors (Lipinski definition) is 4. The maximum Gasteiger partial charge on any atom is 0.296 e. The molecule has 0 aliphatic rings. The zero-order valence-electron chi connectivity index (χ0n) is 17.0. The fourth-order valence-electron chi connectivity index (χ4n) is 3.01. The van der Waals surface area contributed by atoms with Gasteiger partial charge in [0.15, 0.2) is 5.75 Å². The van der Waals surface area contributed by atoms with Gasteiger partial charge in [-0.15, -0.1) is 10.2 Å². The summed E-state index contributed by atoms with van der Waals surface area (Å²) in [4.78, 5) is 10.0. The number of rotatable bonds is 6. The number of carbonyl (C=O) groups is 1. The minimum absolute atomic E-state index is 0.171. The van der Waals surface area contributed by atoms with Crippen LogP contribution in [0.5, 0.6) is 11.5 Å². The Bertz CT molecular complexity index is 1520. The maximum absolute atomic E-state index is 12.0. The monoisotopic (exact) mass is 495 g/mol. The van der Waals surface area contributed by atoms with Crippen LogP contribution in [0.4, 0.5) is 17.1 Å². The highest BCUT2D eigenvalue weighted by Crippen LogP contribution is 2.45. The van der Waals surface area contributed by atoms with Gasteiger partial charge in [-0.3, -0.25) is 13.9 Å². The molecule has 0 spiro atoms. The number of fused-ring (bicyclic) bond motifs is 1. The second kappa shape index (κ2) is 8.74. The van der Waals surface area contributed by atoms with Gasteiger partial charge in [0.05, 0.1) is 17.7 Å². The molecule has 0 aliphatic heterocycles. The molecular formula is C19H17N3O9S2. The number of nitrogens with zero attached hydrogens (tertiary/aromatic N) is 2. The van der Waals surface area contributed by atoms with Gasteiger partial charge in [0.2, 0.25) is 5.91 Å². The van der Waals surface area contributed by atoms with Gasteiger partial charge in [-0.1, -0.05) is 12.1 Å². The first-order valence-electron chi connectivity index (χ1n) is 8.94. The Morgan fingerprint density at radius 3 is 2.24 bits per heavy atom. The van der Waals surface area contributed by atoms with Crippen LogP contribution in [0.2, 0.25) is 0 Å². The number of benzene rings is 3. The van der Waals surface area contributed by atoms with E-state index in [-0.39, 0.29) is 27.9 Å². The summed E-state index contributed by atoms with van der Waals surface area (Å²) in [6, 6.07) is 8.85. The summed E-state index contributed by atoms with van der Waals surface area (Å²) < 4.78 is 71.5. The molecule has 3 rings (SSSR count). The van der Waals surface area contributed by atoms with Crippen LogP contribution in [-0.2, 0) is 25.0 Å². The highest BCUT2D eigenvalue weighted by molar-refractivity contribution is 7.86. The van der Waals surface area contributed by atoms with Crippen LogP contribution in [-0.4, -0.2) is 44.1 Å². The number of aromatic hydroxyl groups is 1. The second-order valence-corrected chi connectivity index (χ2v) is 9.46. The number of ether oxygens (including phenoxy) is 1. The van der Waals surface area contributed by atoms with Crippen LogP contribution >= 0.6 is 0 Å². The predicted molar refractivity (Wildman–Crippen MR) is 117 cm³/mol. The highest BCUT2D eigenvalue weighted by Gasteiger charge is 2.25. The van der Waals surface area contributed by atoms with E-state index in [1.54, 1.807) is 18.2 Å². The summed E-state index contributed by atoms with van der Waals surface area (Å²) in [7, 11) is -8.40. The number of hydrogen-bond acceptors (Lipinski definition) is 9. The predicted octanol–water partition coefficient (Wildman–Crippen LogP) is 3.42. The molecular weight excluding hydrogens is 478 g/mol. The van der Waals surface area contributed by atoms with Gasteiger partial charge in [0.25, 0.3) is 20.2 Å². The summed E-state index contributed by atoms with van der Waals surface area (Å²) in [5.74, 6) is -1.20. The van der Waals surface area contributed by atoms with E-state index < -0.39 is 47.4 Å². The first kappa shape index (κ1) is 24.1. The van der Waals surface area contributed by atoms with Crippen LogP contribution in [0.15, 0.2) is 62.5 Å². The van der Waals surface area contributed by atoms with Gasteiger partial charge >= 0.3 is 0 Å². The SMILES string of the molecule is COc1ccccc1/N=N/c1c(S(=O)(=O)O)cc2cc(S(=O)(=O)O)cc(NC(C)=O)c2c1O. The lowest BCUT2D eigenvalue weighted by Gasteiger charge is -2.14. The molecule has 0 aromatic heterocycles. The van der Waals surface area contributed by atoms with Crippen molar-refractivity contribution in [1.82, 2.24) is 0 Å². The van der Waals surface area contributed by atoms with E-state index in [4.69, 9.17) is 4.74 Å². The normalized spacial score (nSPS) is 12.2. The van der Waals surface area contributed by atoms with Crippen molar-refractivity contribution >= 4 is 54.0 Å². The summed E-state index contributed by atoms with van der Waals surface area (Å²) in [5.41, 5.74) is -0.771. The second-order valence-electron chi connectivity index (χ2n) is 6.64. The molecule has 0 saturated heterocycles. The molecule has 4 N–H and O–H groups in total. The van der Waals surface area contributed by atoms with Crippen LogP contribution in [0, 0.1) is 0 Å². The molecule has 0 saturated carbocycles. The molecule has 0 aliphatic carbocycles. The molecule has 0 heterocycles. The molecule has 1 amide bonds. The Morgan fingerprint density at radius 1 is 1.00 bits per heavy atom. The summed E-state index contributed by atoms with van der Waals surface area (Å²) in [5, 5.41) is 20.4. The average Bonchev–Trinajstić information content (AvgIpc) is 2.70. The molecule has 0 bridgehead atoms. The Balaban J connectivity index is 2.41. The number of carbonyl (C=O) groups excluding carboxylic acids is 1. The Morgan fingerprint density at radius 2 is 1.67 bits per heavy atom. The topological polar surface area (TPSA) is 192 Å². The molecule has 0 atom stereocenters. The number of amides is 1. The van der Waals surface area contributed by atoms with Crippen LogP contribution < -0.4 is 10.1 Å². The highest BCUT2D eigenvalue weighted by atomic mass is 32.2. The van der Waals surface area contributed by atoms with Gasteiger partial charge in [-0.25, -0.2) is 0 Å². The third-order valence-corrected chi connectivity index (χ3v) is 6.05. The van der Waals surface area contributed by atoms with Crippen LogP contribution in [0.25, 0.3) is 10.8 Å². The van der Waals surface area contributed by atoms with Crippen molar-refractivity contribution in [2.75, 3.05) is 12.4 Å². The van der Waals surface area contributed by atoms with Crippen molar-refractivity contribution in [3.8, 4) is 11.5 Å². The van der Waals surface area contributed by atoms with Gasteiger partial charge in [-0.05, 0) is 35.7 Å². The summed E-state index contributed by atoms with van der Waals surface area (Å²) in [6.07, 6.45) is 0. The van der Waals surface area contributed by atoms with E-state index in [0.29, 0.717) is 0 Å².